The van der Waals surface area contributed by atoms with Gasteiger partial charge in [0.25, 0.3) is 5.91 Å². The van der Waals surface area contributed by atoms with Crippen molar-refractivity contribution in [3.8, 4) is 5.88 Å². The average Bonchev–Trinajstić information content (AvgIpc) is 3.29. The molecule has 134 valence electrons. The molecule has 1 aliphatic heterocycles. The van der Waals surface area contributed by atoms with Gasteiger partial charge in [0.1, 0.15) is 0 Å². The second-order valence-corrected chi connectivity index (χ2v) is 6.23. The predicted octanol–water partition coefficient (Wildman–Crippen LogP) is 2.11. The molecule has 0 bridgehead atoms. The summed E-state index contributed by atoms with van der Waals surface area (Å²) in [4.78, 5) is 36.1. The van der Waals surface area contributed by atoms with Crippen LogP contribution in [-0.2, 0) is 0 Å². The maximum atomic E-state index is 12.7. The van der Waals surface area contributed by atoms with E-state index >= 15 is 0 Å². The Morgan fingerprint density at radius 1 is 1.19 bits per heavy atom. The molecule has 4 rings (SSSR count). The third kappa shape index (κ3) is 3.01. The highest BCUT2D eigenvalue weighted by Gasteiger charge is 2.19. The molecule has 0 spiro atoms. The number of H-pyrrole nitrogens is 2. The van der Waals surface area contributed by atoms with E-state index in [1.165, 1.54) is 13.3 Å². The Kier molecular flexibility index (Phi) is 4.08. The fraction of sp³-hybridized carbons (Fsp3) is 0.278. The van der Waals surface area contributed by atoms with Crippen molar-refractivity contribution in [2.24, 2.45) is 0 Å². The highest BCUT2D eigenvalue weighted by Crippen LogP contribution is 2.32. The summed E-state index contributed by atoms with van der Waals surface area (Å²) in [6.07, 6.45) is 3.75. The van der Waals surface area contributed by atoms with E-state index < -0.39 is 0 Å². The first kappa shape index (κ1) is 16.2. The fourth-order valence-corrected chi connectivity index (χ4v) is 3.25. The van der Waals surface area contributed by atoms with Crippen molar-refractivity contribution < 1.29 is 9.53 Å². The zero-order valence-electron chi connectivity index (χ0n) is 14.3. The summed E-state index contributed by atoms with van der Waals surface area (Å²) in [5.74, 6) is 0.117. The van der Waals surface area contributed by atoms with Crippen LogP contribution in [0.2, 0.25) is 0 Å². The number of anilines is 2. The van der Waals surface area contributed by atoms with Crippen LogP contribution in [0.1, 0.15) is 23.2 Å². The Morgan fingerprint density at radius 3 is 2.65 bits per heavy atom. The van der Waals surface area contributed by atoms with Crippen LogP contribution in [0, 0.1) is 0 Å². The van der Waals surface area contributed by atoms with Gasteiger partial charge in [-0.1, -0.05) is 0 Å². The molecule has 1 aliphatic rings. The van der Waals surface area contributed by atoms with Gasteiger partial charge in [-0.25, -0.2) is 9.78 Å². The van der Waals surface area contributed by atoms with E-state index in [9.17, 15) is 9.59 Å². The van der Waals surface area contributed by atoms with Gasteiger partial charge < -0.3 is 24.9 Å². The van der Waals surface area contributed by atoms with E-state index in [0.29, 0.717) is 22.6 Å². The minimum absolute atomic E-state index is 0.261. The van der Waals surface area contributed by atoms with Crippen molar-refractivity contribution in [3.05, 3.63) is 46.5 Å². The Hall–Kier alpha value is -3.29. The van der Waals surface area contributed by atoms with E-state index in [2.05, 4.69) is 25.2 Å². The Bertz CT molecular complexity index is 1020. The molecule has 0 radical (unpaired) electrons. The molecule has 1 amide bonds. The van der Waals surface area contributed by atoms with Gasteiger partial charge >= 0.3 is 5.69 Å². The summed E-state index contributed by atoms with van der Waals surface area (Å²) < 4.78 is 5.08. The predicted molar refractivity (Wildman–Crippen MR) is 99.1 cm³/mol. The van der Waals surface area contributed by atoms with E-state index in [4.69, 9.17) is 4.74 Å². The molecule has 1 fully saturated rings. The lowest BCUT2D eigenvalue weighted by atomic mass is 10.2. The summed E-state index contributed by atoms with van der Waals surface area (Å²) in [5.41, 5.74) is 3.12. The molecule has 1 saturated heterocycles. The zero-order chi connectivity index (χ0) is 18.1. The van der Waals surface area contributed by atoms with Crippen molar-refractivity contribution in [3.63, 3.8) is 0 Å². The molecule has 1 aromatic carbocycles. The quantitative estimate of drug-likeness (QED) is 0.667. The number of hydrogen-bond acceptors (Lipinski definition) is 5. The van der Waals surface area contributed by atoms with Crippen molar-refractivity contribution in [1.82, 2.24) is 15.0 Å². The molecular formula is C18H19N5O3. The van der Waals surface area contributed by atoms with Gasteiger partial charge in [-0.05, 0) is 31.0 Å². The number of methoxy groups -OCH3 is 1. The summed E-state index contributed by atoms with van der Waals surface area (Å²) in [5, 5.41) is 2.96. The Labute approximate surface area is 149 Å². The first-order chi connectivity index (χ1) is 12.6. The average molecular weight is 353 g/mol. The maximum absolute atomic E-state index is 12.7. The summed E-state index contributed by atoms with van der Waals surface area (Å²) >= 11 is 0. The van der Waals surface area contributed by atoms with Crippen molar-refractivity contribution in [2.45, 2.75) is 12.8 Å². The molecule has 0 saturated carbocycles. The lowest BCUT2D eigenvalue weighted by molar-refractivity contribution is 0.102. The van der Waals surface area contributed by atoms with Crippen LogP contribution in [0.15, 0.2) is 35.3 Å². The molecule has 0 aliphatic carbocycles. The van der Waals surface area contributed by atoms with Crippen LogP contribution in [0.4, 0.5) is 11.4 Å². The van der Waals surface area contributed by atoms with Crippen LogP contribution >= 0.6 is 0 Å². The minimum Gasteiger partial charge on any atom is -0.481 e. The van der Waals surface area contributed by atoms with Crippen LogP contribution < -0.4 is 20.6 Å². The number of pyridine rings is 1. The topological polar surface area (TPSA) is 103 Å². The molecule has 8 heteroatoms. The minimum atomic E-state index is -0.269. The lowest BCUT2D eigenvalue weighted by Gasteiger charge is -2.22. The number of carbonyl (C=O) groups is 1. The molecular weight excluding hydrogens is 334 g/mol. The highest BCUT2D eigenvalue weighted by atomic mass is 16.5. The molecule has 3 heterocycles. The van der Waals surface area contributed by atoms with Crippen LogP contribution in [0.5, 0.6) is 5.88 Å². The highest BCUT2D eigenvalue weighted by molar-refractivity contribution is 6.07. The van der Waals surface area contributed by atoms with Gasteiger partial charge in [-0.15, -0.1) is 0 Å². The molecule has 26 heavy (non-hydrogen) atoms. The summed E-state index contributed by atoms with van der Waals surface area (Å²) in [6, 6.07) is 6.91. The normalized spacial score (nSPS) is 14.0. The number of nitrogens with one attached hydrogen (secondary N) is 3. The van der Waals surface area contributed by atoms with Gasteiger partial charge in [-0.2, -0.15) is 0 Å². The zero-order valence-corrected chi connectivity index (χ0v) is 14.3. The number of ether oxygens (including phenoxy) is 1. The Morgan fingerprint density at radius 2 is 1.92 bits per heavy atom. The largest absolute Gasteiger partial charge is 0.481 e. The molecule has 0 atom stereocenters. The SMILES string of the molecule is COc1cc(C(=O)Nc2cc3[nH]c(=O)[nH]c3cc2N2CCCC2)ccn1. The van der Waals surface area contributed by atoms with Gasteiger partial charge in [0.15, 0.2) is 0 Å². The van der Waals surface area contributed by atoms with Gasteiger partial charge in [0.2, 0.25) is 5.88 Å². The second kappa shape index (κ2) is 6.55. The van der Waals surface area contributed by atoms with E-state index in [1.54, 1.807) is 18.2 Å². The monoisotopic (exact) mass is 353 g/mol. The van der Waals surface area contributed by atoms with E-state index in [1.807, 2.05) is 6.07 Å². The number of hydrogen-bond donors (Lipinski definition) is 3. The first-order valence-electron chi connectivity index (χ1n) is 8.46. The van der Waals surface area contributed by atoms with E-state index in [0.717, 1.165) is 37.1 Å². The van der Waals surface area contributed by atoms with Gasteiger partial charge in [0.05, 0.1) is 29.5 Å². The second-order valence-electron chi connectivity index (χ2n) is 6.23. The molecule has 3 N–H and O–H groups in total. The van der Waals surface area contributed by atoms with Crippen LogP contribution in [-0.4, -0.2) is 41.1 Å². The number of imidazole rings is 1. The summed E-state index contributed by atoms with van der Waals surface area (Å²) in [6.45, 7) is 1.85. The smallest absolute Gasteiger partial charge is 0.323 e. The number of rotatable bonds is 4. The Balaban J connectivity index is 1.72. The van der Waals surface area contributed by atoms with Crippen molar-refractivity contribution >= 4 is 28.3 Å². The number of fused-ring (bicyclic) bond motifs is 1. The van der Waals surface area contributed by atoms with Crippen molar-refractivity contribution in [1.29, 1.82) is 0 Å². The van der Waals surface area contributed by atoms with E-state index in [-0.39, 0.29) is 11.6 Å². The molecule has 3 aromatic rings. The number of aromatic nitrogens is 3. The fourth-order valence-electron chi connectivity index (χ4n) is 3.25. The molecule has 0 unspecified atom stereocenters. The third-order valence-electron chi connectivity index (χ3n) is 4.53. The molecule has 2 aromatic heterocycles. The van der Waals surface area contributed by atoms with Crippen LogP contribution in [0.25, 0.3) is 11.0 Å². The number of nitrogens with zero attached hydrogens (tertiary/aromatic N) is 2. The number of carbonyl (C=O) groups excluding carboxylic acids is 1. The summed E-state index contributed by atoms with van der Waals surface area (Å²) in [7, 11) is 1.51. The van der Waals surface area contributed by atoms with Crippen molar-refractivity contribution in [2.75, 3.05) is 30.4 Å². The number of aromatic amines is 2. The van der Waals surface area contributed by atoms with Gasteiger partial charge in [-0.3, -0.25) is 4.79 Å². The van der Waals surface area contributed by atoms with Gasteiger partial charge in [0, 0.05) is 30.9 Å². The standard InChI is InChI=1S/C18H19N5O3/c1-26-16-8-11(4-5-19-16)17(24)20-14-9-12-13(22-18(25)21-12)10-15(14)23-6-2-3-7-23/h4-5,8-10H,2-3,6-7H2,1H3,(H,20,24)(H2,21,22,25). The maximum Gasteiger partial charge on any atom is 0.323 e. The third-order valence-corrected chi connectivity index (χ3v) is 4.53. The molecule has 8 nitrogen and oxygen atoms in total. The number of benzene rings is 1. The van der Waals surface area contributed by atoms with Crippen LogP contribution in [0.3, 0.4) is 0 Å². The number of amides is 1. The first-order valence-corrected chi connectivity index (χ1v) is 8.46. The lowest BCUT2D eigenvalue weighted by Crippen LogP contribution is -2.21.